The quantitative estimate of drug-likeness (QED) is 0.0710. The first-order chi connectivity index (χ1) is 18.3. The van der Waals surface area contributed by atoms with Crippen LogP contribution in [0, 0.1) is 0 Å². The number of ether oxygens (including phenoxy) is 4. The molecule has 38 heavy (non-hydrogen) atoms. The van der Waals surface area contributed by atoms with Gasteiger partial charge in [0.15, 0.2) is 12.1 Å². The van der Waals surface area contributed by atoms with E-state index >= 15 is 0 Å². The fourth-order valence-corrected chi connectivity index (χ4v) is 2.52. The summed E-state index contributed by atoms with van der Waals surface area (Å²) in [5, 5.41) is 0. The Balaban J connectivity index is 4.67. The van der Waals surface area contributed by atoms with Crippen molar-refractivity contribution in [2.24, 2.45) is 20.0 Å². The molecule has 16 heteroatoms. The first-order valence-electron chi connectivity index (χ1n) is 11.3. The number of esters is 4. The van der Waals surface area contributed by atoms with E-state index in [0.717, 1.165) is 0 Å². The van der Waals surface area contributed by atoms with Gasteiger partial charge in [0.05, 0.1) is 0 Å². The molecule has 0 fully saturated rings. The summed E-state index contributed by atoms with van der Waals surface area (Å²) in [7, 11) is 0. The van der Waals surface area contributed by atoms with Crippen LogP contribution in [0.1, 0.15) is 52.4 Å². The van der Waals surface area contributed by atoms with E-state index in [4.69, 9.17) is 18.9 Å². The molecule has 0 amide bonds. The van der Waals surface area contributed by atoms with Crippen LogP contribution in [0.3, 0.4) is 0 Å². The summed E-state index contributed by atoms with van der Waals surface area (Å²) in [5.74, 6) is -3.67. The molecule has 0 saturated heterocycles. The standard InChI is InChI=1S/C22H26N4O12/c1-3-17(25-13-29)37-19(31)7-5-15(23-11-27)21(33)35-9-10-36-22(34)16(24-12-28)6-8-20(32)38-18(4-2)26-14-30/h15-18H,3-10H2,1-2H3. The molecule has 4 unspecified atom stereocenters. The third-order valence-electron chi connectivity index (χ3n) is 4.40. The van der Waals surface area contributed by atoms with Crippen LogP contribution in [0.4, 0.5) is 0 Å². The van der Waals surface area contributed by atoms with Crippen molar-refractivity contribution in [2.45, 2.75) is 76.9 Å². The summed E-state index contributed by atoms with van der Waals surface area (Å²) in [4.78, 5) is 103. The molecule has 0 radical (unpaired) electrons. The molecule has 0 heterocycles. The molecule has 206 valence electrons. The molecule has 0 rings (SSSR count). The number of hydrogen-bond donors (Lipinski definition) is 0. The van der Waals surface area contributed by atoms with E-state index in [-0.39, 0.29) is 38.5 Å². The Morgan fingerprint density at radius 2 is 0.947 bits per heavy atom. The summed E-state index contributed by atoms with van der Waals surface area (Å²) in [6.45, 7) is 2.26. The van der Waals surface area contributed by atoms with Crippen molar-refractivity contribution in [1.82, 2.24) is 0 Å². The second-order valence-corrected chi connectivity index (χ2v) is 7.03. The maximum absolute atomic E-state index is 12.1. The molecule has 0 aromatic carbocycles. The minimum Gasteiger partial charge on any atom is -0.460 e. The Bertz CT molecular complexity index is 926. The molecule has 0 saturated carbocycles. The van der Waals surface area contributed by atoms with Crippen LogP contribution in [0.5, 0.6) is 0 Å². The zero-order valence-corrected chi connectivity index (χ0v) is 20.7. The molecule has 0 aromatic rings. The lowest BCUT2D eigenvalue weighted by Crippen LogP contribution is -2.27. The largest absolute Gasteiger partial charge is 0.460 e. The summed E-state index contributed by atoms with van der Waals surface area (Å²) in [6, 6.07) is -2.81. The Kier molecular flexibility index (Phi) is 18.1. The lowest BCUT2D eigenvalue weighted by atomic mass is 10.1. The lowest BCUT2D eigenvalue weighted by molar-refractivity contribution is -0.155. The zero-order valence-electron chi connectivity index (χ0n) is 20.7. The minimum atomic E-state index is -1.40. The van der Waals surface area contributed by atoms with Crippen LogP contribution in [-0.2, 0) is 57.3 Å². The Morgan fingerprint density at radius 3 is 1.24 bits per heavy atom. The van der Waals surface area contributed by atoms with Crippen molar-refractivity contribution in [1.29, 1.82) is 0 Å². The van der Waals surface area contributed by atoms with E-state index < -0.39 is 61.6 Å². The van der Waals surface area contributed by atoms with E-state index in [0.29, 0.717) is 0 Å². The Morgan fingerprint density at radius 1 is 0.605 bits per heavy atom. The van der Waals surface area contributed by atoms with Gasteiger partial charge in [-0.25, -0.2) is 28.8 Å². The van der Waals surface area contributed by atoms with E-state index in [2.05, 4.69) is 20.0 Å². The number of carbonyl (C=O) groups is 4. The van der Waals surface area contributed by atoms with Crippen molar-refractivity contribution < 1.29 is 57.3 Å². The Hall–Kier alpha value is -4.60. The maximum Gasteiger partial charge on any atom is 0.331 e. The fraction of sp³-hybridized carbons (Fsp3) is 0.636. The third-order valence-corrected chi connectivity index (χ3v) is 4.40. The van der Waals surface area contributed by atoms with Crippen LogP contribution in [0.15, 0.2) is 20.0 Å². The summed E-state index contributed by atoms with van der Waals surface area (Å²) in [5.41, 5.74) is 0. The van der Waals surface area contributed by atoms with Gasteiger partial charge in [0.1, 0.15) is 13.2 Å². The molecule has 0 N–H and O–H groups in total. The van der Waals surface area contributed by atoms with Gasteiger partial charge in [0.25, 0.3) is 0 Å². The smallest absolute Gasteiger partial charge is 0.331 e. The van der Waals surface area contributed by atoms with Gasteiger partial charge in [0, 0.05) is 25.7 Å². The molecular weight excluding hydrogens is 512 g/mol. The highest BCUT2D eigenvalue weighted by atomic mass is 16.6. The molecule has 4 atom stereocenters. The average Bonchev–Trinajstić information content (AvgIpc) is 2.90. The Labute approximate surface area is 216 Å². The van der Waals surface area contributed by atoms with Gasteiger partial charge in [-0.3, -0.25) is 9.59 Å². The van der Waals surface area contributed by atoms with Crippen LogP contribution < -0.4 is 0 Å². The van der Waals surface area contributed by atoms with Gasteiger partial charge < -0.3 is 18.9 Å². The molecule has 0 aromatic heterocycles. The molecule has 0 bridgehead atoms. The van der Waals surface area contributed by atoms with Crippen molar-refractivity contribution in [3.63, 3.8) is 0 Å². The second-order valence-electron chi connectivity index (χ2n) is 7.03. The van der Waals surface area contributed by atoms with Gasteiger partial charge >= 0.3 is 23.9 Å². The lowest BCUT2D eigenvalue weighted by Gasteiger charge is -2.14. The molecule has 16 nitrogen and oxygen atoms in total. The van der Waals surface area contributed by atoms with Gasteiger partial charge in [-0.05, 0) is 12.8 Å². The van der Waals surface area contributed by atoms with Crippen molar-refractivity contribution in [3.8, 4) is 0 Å². The maximum atomic E-state index is 12.1. The first kappa shape index (κ1) is 33.4. The molecule has 0 spiro atoms. The van der Waals surface area contributed by atoms with Gasteiger partial charge in [-0.1, -0.05) is 13.8 Å². The first-order valence-corrected chi connectivity index (χ1v) is 11.3. The minimum absolute atomic E-state index is 0.219. The predicted octanol–water partition coefficient (Wildman–Crippen LogP) is 0.272. The SMILES string of the molecule is CCC(N=C=O)OC(=O)CCC(N=C=O)C(=O)OCCOC(=O)C(CCC(=O)OC(CC)N=C=O)N=C=O. The summed E-state index contributed by atoms with van der Waals surface area (Å²) < 4.78 is 19.5. The monoisotopic (exact) mass is 538 g/mol. The van der Waals surface area contributed by atoms with Crippen LogP contribution in [-0.4, -0.2) is 86.0 Å². The summed E-state index contributed by atoms with van der Waals surface area (Å²) in [6.07, 6.45) is 1.98. The normalized spacial score (nSPS) is 12.8. The van der Waals surface area contributed by atoms with Crippen molar-refractivity contribution in [3.05, 3.63) is 0 Å². The van der Waals surface area contributed by atoms with Crippen molar-refractivity contribution >= 4 is 48.2 Å². The number of nitrogens with zero attached hydrogens (tertiary/aromatic N) is 4. The summed E-state index contributed by atoms with van der Waals surface area (Å²) >= 11 is 0. The van der Waals surface area contributed by atoms with Gasteiger partial charge in [-0.2, -0.15) is 20.0 Å². The molecule has 0 aliphatic rings. The van der Waals surface area contributed by atoms with Crippen molar-refractivity contribution in [2.75, 3.05) is 13.2 Å². The topological polar surface area (TPSA) is 223 Å². The highest BCUT2D eigenvalue weighted by molar-refractivity contribution is 5.79. The number of isocyanates is 4. The molecule has 0 aliphatic heterocycles. The second kappa shape index (κ2) is 20.6. The van der Waals surface area contributed by atoms with Crippen LogP contribution >= 0.6 is 0 Å². The number of carbonyl (C=O) groups excluding carboxylic acids is 8. The highest BCUT2D eigenvalue weighted by Gasteiger charge is 2.24. The van der Waals surface area contributed by atoms with E-state index in [1.807, 2.05) is 0 Å². The average molecular weight is 538 g/mol. The van der Waals surface area contributed by atoms with E-state index in [1.54, 1.807) is 13.8 Å². The number of hydrogen-bond acceptors (Lipinski definition) is 16. The number of aliphatic imine (C=N–C) groups is 4. The van der Waals surface area contributed by atoms with Crippen LogP contribution in [0.25, 0.3) is 0 Å². The predicted molar refractivity (Wildman–Crippen MR) is 121 cm³/mol. The van der Waals surface area contributed by atoms with Crippen LogP contribution in [0.2, 0.25) is 0 Å². The third kappa shape index (κ3) is 14.7. The fourth-order valence-electron chi connectivity index (χ4n) is 2.52. The molecule has 0 aliphatic carbocycles. The zero-order chi connectivity index (χ0) is 28.8. The molecular formula is C22H26N4O12. The van der Waals surface area contributed by atoms with Gasteiger partial charge in [-0.15, -0.1) is 0 Å². The van der Waals surface area contributed by atoms with E-state index in [9.17, 15) is 38.4 Å². The van der Waals surface area contributed by atoms with E-state index in [1.165, 1.54) is 24.3 Å². The highest BCUT2D eigenvalue weighted by Crippen LogP contribution is 2.10. The number of rotatable bonds is 19. The van der Waals surface area contributed by atoms with Gasteiger partial charge in [0.2, 0.25) is 36.8 Å².